The van der Waals surface area contributed by atoms with Crippen LogP contribution in [0.1, 0.15) is 35.2 Å². The molecule has 0 aliphatic heterocycles. The van der Waals surface area contributed by atoms with Gasteiger partial charge in [-0.05, 0) is 30.4 Å². The average molecular weight is 198 g/mol. The van der Waals surface area contributed by atoms with Gasteiger partial charge in [-0.25, -0.2) is 0 Å². The summed E-state index contributed by atoms with van der Waals surface area (Å²) in [5.74, 6) is 0. The minimum absolute atomic E-state index is 0.733. The third kappa shape index (κ3) is 2.44. The maximum absolute atomic E-state index is 10.5. The second-order valence-electron chi connectivity index (χ2n) is 3.73. The number of hydrogen-bond acceptors (Lipinski definition) is 1. The van der Waals surface area contributed by atoms with Crippen molar-refractivity contribution in [1.29, 1.82) is 0 Å². The highest BCUT2D eigenvalue weighted by molar-refractivity contribution is 5.78. The van der Waals surface area contributed by atoms with Crippen LogP contribution in [0.4, 0.5) is 0 Å². The molecule has 0 bridgehead atoms. The van der Waals surface area contributed by atoms with E-state index < -0.39 is 0 Å². The lowest BCUT2D eigenvalue weighted by molar-refractivity contribution is 0.112. The van der Waals surface area contributed by atoms with Gasteiger partial charge in [-0.2, -0.15) is 0 Å². The molecule has 0 fully saturated rings. The van der Waals surface area contributed by atoms with Crippen molar-refractivity contribution in [2.75, 3.05) is 0 Å². The average Bonchev–Trinajstić information content (AvgIpc) is 2.58. The van der Waals surface area contributed by atoms with Crippen LogP contribution in [0, 0.1) is 0 Å². The summed E-state index contributed by atoms with van der Waals surface area (Å²) in [5.41, 5.74) is 3.20. The minimum Gasteiger partial charge on any atom is -0.298 e. The van der Waals surface area contributed by atoms with E-state index in [0.717, 1.165) is 24.7 Å². The molecule has 1 heteroatoms. The van der Waals surface area contributed by atoms with Crippen molar-refractivity contribution >= 4 is 11.9 Å². The van der Waals surface area contributed by atoms with Crippen molar-refractivity contribution in [3.05, 3.63) is 53.6 Å². The van der Waals surface area contributed by atoms with Gasteiger partial charge in [-0.3, -0.25) is 4.79 Å². The predicted molar refractivity (Wildman–Crippen MR) is 62.8 cm³/mol. The Morgan fingerprint density at radius 2 is 1.87 bits per heavy atom. The number of rotatable bonds is 2. The number of benzene rings is 1. The predicted octanol–water partition coefficient (Wildman–Crippen LogP) is 3.62. The highest BCUT2D eigenvalue weighted by atomic mass is 16.1. The van der Waals surface area contributed by atoms with Crippen LogP contribution in [0.2, 0.25) is 0 Å². The van der Waals surface area contributed by atoms with Crippen LogP contribution in [0.5, 0.6) is 0 Å². The van der Waals surface area contributed by atoms with E-state index in [2.05, 4.69) is 18.2 Å². The molecule has 0 amide bonds. The molecule has 15 heavy (non-hydrogen) atoms. The van der Waals surface area contributed by atoms with Crippen molar-refractivity contribution in [2.24, 2.45) is 0 Å². The van der Waals surface area contributed by atoms with Crippen LogP contribution < -0.4 is 0 Å². The second kappa shape index (κ2) is 4.74. The smallest absolute Gasteiger partial charge is 0.150 e. The van der Waals surface area contributed by atoms with Gasteiger partial charge in [0.05, 0.1) is 0 Å². The summed E-state index contributed by atoms with van der Waals surface area (Å²) in [7, 11) is 0. The SMILES string of the molecule is O=Cc1ccc(C2=CCCCC=C2)cc1. The summed E-state index contributed by atoms with van der Waals surface area (Å²) < 4.78 is 0. The molecule has 1 aromatic rings. The summed E-state index contributed by atoms with van der Waals surface area (Å²) >= 11 is 0. The summed E-state index contributed by atoms with van der Waals surface area (Å²) in [4.78, 5) is 10.5. The van der Waals surface area contributed by atoms with Gasteiger partial charge in [-0.15, -0.1) is 0 Å². The molecule has 1 aliphatic carbocycles. The molecule has 0 radical (unpaired) electrons. The topological polar surface area (TPSA) is 17.1 Å². The van der Waals surface area contributed by atoms with E-state index in [0.29, 0.717) is 0 Å². The van der Waals surface area contributed by atoms with Gasteiger partial charge in [0.2, 0.25) is 0 Å². The fraction of sp³-hybridized carbons (Fsp3) is 0.214. The molecule has 0 saturated carbocycles. The van der Waals surface area contributed by atoms with Crippen LogP contribution in [0.15, 0.2) is 42.5 Å². The van der Waals surface area contributed by atoms with Crippen LogP contribution in [-0.4, -0.2) is 6.29 Å². The summed E-state index contributed by atoms with van der Waals surface area (Å²) in [6, 6.07) is 7.74. The Bertz CT molecular complexity index is 396. The van der Waals surface area contributed by atoms with E-state index in [1.54, 1.807) is 0 Å². The molecule has 0 atom stereocenters. The molecular weight excluding hydrogens is 184 g/mol. The van der Waals surface area contributed by atoms with E-state index in [-0.39, 0.29) is 0 Å². The lowest BCUT2D eigenvalue weighted by Gasteiger charge is -2.01. The Morgan fingerprint density at radius 1 is 1.07 bits per heavy atom. The first-order chi connectivity index (χ1) is 7.40. The van der Waals surface area contributed by atoms with Gasteiger partial charge in [0.15, 0.2) is 0 Å². The highest BCUT2D eigenvalue weighted by Crippen LogP contribution is 2.20. The Balaban J connectivity index is 2.27. The van der Waals surface area contributed by atoms with E-state index in [9.17, 15) is 4.79 Å². The maximum atomic E-state index is 10.5. The Labute approximate surface area is 90.1 Å². The zero-order valence-electron chi connectivity index (χ0n) is 8.65. The monoisotopic (exact) mass is 198 g/mol. The van der Waals surface area contributed by atoms with E-state index in [1.807, 2.05) is 24.3 Å². The number of allylic oxidation sites excluding steroid dienone is 4. The van der Waals surface area contributed by atoms with Gasteiger partial charge < -0.3 is 0 Å². The lowest BCUT2D eigenvalue weighted by Crippen LogP contribution is -1.83. The van der Waals surface area contributed by atoms with Crippen molar-refractivity contribution < 1.29 is 4.79 Å². The molecule has 0 unspecified atom stereocenters. The molecule has 1 aliphatic rings. The van der Waals surface area contributed by atoms with Gasteiger partial charge >= 0.3 is 0 Å². The normalized spacial score (nSPS) is 15.6. The van der Waals surface area contributed by atoms with Crippen molar-refractivity contribution in [2.45, 2.75) is 19.3 Å². The maximum Gasteiger partial charge on any atom is 0.150 e. The molecule has 0 N–H and O–H groups in total. The molecule has 0 spiro atoms. The number of carbonyl (C=O) groups is 1. The van der Waals surface area contributed by atoms with Crippen LogP contribution in [-0.2, 0) is 0 Å². The van der Waals surface area contributed by atoms with Gasteiger partial charge in [-0.1, -0.05) is 42.5 Å². The standard InChI is InChI=1S/C14H14O/c15-11-12-7-9-14(10-8-12)13-5-3-1-2-4-6-13/h3,5-11H,1-2,4H2. The van der Waals surface area contributed by atoms with Crippen LogP contribution in [0.25, 0.3) is 5.57 Å². The van der Waals surface area contributed by atoms with Crippen LogP contribution in [0.3, 0.4) is 0 Å². The zero-order valence-corrected chi connectivity index (χ0v) is 8.65. The Kier molecular flexibility index (Phi) is 3.13. The molecule has 0 aromatic heterocycles. The largest absolute Gasteiger partial charge is 0.298 e. The summed E-state index contributed by atoms with van der Waals surface area (Å²) in [5, 5.41) is 0. The molecule has 1 nitrogen and oxygen atoms in total. The fourth-order valence-corrected chi connectivity index (χ4v) is 1.74. The quantitative estimate of drug-likeness (QED) is 0.663. The fourth-order valence-electron chi connectivity index (χ4n) is 1.74. The molecule has 0 saturated heterocycles. The number of aldehydes is 1. The van der Waals surface area contributed by atoms with E-state index >= 15 is 0 Å². The first-order valence-corrected chi connectivity index (χ1v) is 5.32. The third-order valence-electron chi connectivity index (χ3n) is 2.62. The second-order valence-corrected chi connectivity index (χ2v) is 3.73. The zero-order chi connectivity index (χ0) is 10.5. The summed E-state index contributed by atoms with van der Waals surface area (Å²) in [6.45, 7) is 0. The molecular formula is C14H14O. The van der Waals surface area contributed by atoms with Gasteiger partial charge in [0.1, 0.15) is 6.29 Å². The van der Waals surface area contributed by atoms with Crippen LogP contribution >= 0.6 is 0 Å². The first kappa shape index (κ1) is 9.91. The highest BCUT2D eigenvalue weighted by Gasteiger charge is 2.00. The lowest BCUT2D eigenvalue weighted by atomic mass is 10.0. The number of carbonyl (C=O) groups excluding carboxylic acids is 1. The number of hydrogen-bond donors (Lipinski definition) is 0. The molecule has 76 valence electrons. The molecule has 0 heterocycles. The summed E-state index contributed by atoms with van der Waals surface area (Å²) in [6.07, 6.45) is 11.0. The van der Waals surface area contributed by atoms with Crippen molar-refractivity contribution in [3.63, 3.8) is 0 Å². The molecule has 2 rings (SSSR count). The first-order valence-electron chi connectivity index (χ1n) is 5.32. The Hall–Kier alpha value is -1.63. The molecule has 1 aromatic carbocycles. The minimum atomic E-state index is 0.733. The van der Waals surface area contributed by atoms with E-state index in [1.165, 1.54) is 17.6 Å². The Morgan fingerprint density at radius 3 is 2.60 bits per heavy atom. The van der Waals surface area contributed by atoms with E-state index in [4.69, 9.17) is 0 Å². The van der Waals surface area contributed by atoms with Crippen molar-refractivity contribution in [3.8, 4) is 0 Å². The van der Waals surface area contributed by atoms with Gasteiger partial charge in [0.25, 0.3) is 0 Å². The van der Waals surface area contributed by atoms with Gasteiger partial charge in [0, 0.05) is 5.56 Å². The van der Waals surface area contributed by atoms with Crippen molar-refractivity contribution in [1.82, 2.24) is 0 Å². The third-order valence-corrected chi connectivity index (χ3v) is 2.62.